The third-order valence-corrected chi connectivity index (χ3v) is 4.66. The molecule has 2 N–H and O–H groups in total. The van der Waals surface area contributed by atoms with Crippen LogP contribution >= 0.6 is 11.3 Å². The number of amides is 1. The van der Waals surface area contributed by atoms with E-state index in [2.05, 4.69) is 10.3 Å². The molecule has 0 aromatic carbocycles. The lowest BCUT2D eigenvalue weighted by Crippen LogP contribution is -2.39. The zero-order chi connectivity index (χ0) is 13.7. The highest BCUT2D eigenvalue weighted by atomic mass is 32.1. The van der Waals surface area contributed by atoms with E-state index in [4.69, 9.17) is 0 Å². The van der Waals surface area contributed by atoms with E-state index in [9.17, 15) is 9.90 Å². The van der Waals surface area contributed by atoms with Crippen LogP contribution in [-0.2, 0) is 4.79 Å². The van der Waals surface area contributed by atoms with Gasteiger partial charge in [-0.2, -0.15) is 0 Å². The molecular formula is C14H22N2O2S. The van der Waals surface area contributed by atoms with Crippen LogP contribution in [0, 0.1) is 0 Å². The van der Waals surface area contributed by atoms with Gasteiger partial charge in [0.2, 0.25) is 5.91 Å². The number of carbonyl (C=O) groups excluding carboxylic acids is 1. The van der Waals surface area contributed by atoms with Crippen molar-refractivity contribution in [2.45, 2.75) is 63.5 Å². The van der Waals surface area contributed by atoms with Gasteiger partial charge in [0.1, 0.15) is 5.01 Å². The third-order valence-electron chi connectivity index (χ3n) is 3.77. The van der Waals surface area contributed by atoms with E-state index in [0.717, 1.165) is 37.1 Å². The standard InChI is InChI=1S/C14H22N2O2S/c1-2-11(13-15-8-9-19-13)16-12(17)10-14(18)6-4-3-5-7-14/h8-9,11,18H,2-7,10H2,1H3,(H,16,17). The molecule has 5 heteroatoms. The second kappa shape index (κ2) is 6.48. The summed E-state index contributed by atoms with van der Waals surface area (Å²) in [4.78, 5) is 16.3. The summed E-state index contributed by atoms with van der Waals surface area (Å²) in [6.45, 7) is 2.03. The average molecular weight is 282 g/mol. The molecule has 0 saturated heterocycles. The number of hydrogen-bond donors (Lipinski definition) is 2. The summed E-state index contributed by atoms with van der Waals surface area (Å²) in [6.07, 6.45) is 7.49. The van der Waals surface area contributed by atoms with Gasteiger partial charge in [-0.05, 0) is 19.3 Å². The Hall–Kier alpha value is -0.940. The van der Waals surface area contributed by atoms with Gasteiger partial charge >= 0.3 is 0 Å². The Morgan fingerprint density at radius 3 is 2.84 bits per heavy atom. The summed E-state index contributed by atoms with van der Waals surface area (Å²) >= 11 is 1.55. The second-order valence-electron chi connectivity index (χ2n) is 5.36. The van der Waals surface area contributed by atoms with Gasteiger partial charge in [-0.3, -0.25) is 4.79 Å². The predicted octanol–water partition coefficient (Wildman–Crippen LogP) is 2.80. The molecule has 106 valence electrons. The maximum absolute atomic E-state index is 12.1. The van der Waals surface area contributed by atoms with Gasteiger partial charge in [0.15, 0.2) is 0 Å². The predicted molar refractivity (Wildman–Crippen MR) is 75.9 cm³/mol. The molecule has 1 unspecified atom stereocenters. The molecule has 1 aliphatic carbocycles. The highest BCUT2D eigenvalue weighted by Crippen LogP contribution is 2.31. The quantitative estimate of drug-likeness (QED) is 0.873. The molecular weight excluding hydrogens is 260 g/mol. The largest absolute Gasteiger partial charge is 0.389 e. The van der Waals surface area contributed by atoms with E-state index in [0.29, 0.717) is 0 Å². The summed E-state index contributed by atoms with van der Waals surface area (Å²) in [5.74, 6) is -0.0635. The zero-order valence-electron chi connectivity index (χ0n) is 11.4. The molecule has 2 rings (SSSR count). The van der Waals surface area contributed by atoms with Crippen LogP contribution in [-0.4, -0.2) is 21.6 Å². The Morgan fingerprint density at radius 1 is 1.53 bits per heavy atom. The Balaban J connectivity index is 1.89. The Labute approximate surface area is 118 Å². The number of hydrogen-bond acceptors (Lipinski definition) is 4. The minimum Gasteiger partial charge on any atom is -0.389 e. The zero-order valence-corrected chi connectivity index (χ0v) is 12.2. The number of carbonyl (C=O) groups is 1. The summed E-state index contributed by atoms with van der Waals surface area (Å²) in [7, 11) is 0. The average Bonchev–Trinajstić information content (AvgIpc) is 2.90. The van der Waals surface area contributed by atoms with Crippen LogP contribution in [0.5, 0.6) is 0 Å². The van der Waals surface area contributed by atoms with Gasteiger partial charge < -0.3 is 10.4 Å². The number of nitrogens with zero attached hydrogens (tertiary/aromatic N) is 1. The fraction of sp³-hybridized carbons (Fsp3) is 0.714. The van der Waals surface area contributed by atoms with Gasteiger partial charge in [0, 0.05) is 11.6 Å². The van der Waals surface area contributed by atoms with Gasteiger partial charge in [-0.25, -0.2) is 4.98 Å². The van der Waals surface area contributed by atoms with Crippen molar-refractivity contribution >= 4 is 17.2 Å². The number of nitrogens with one attached hydrogen (secondary N) is 1. The molecule has 1 atom stereocenters. The lowest BCUT2D eigenvalue weighted by atomic mass is 9.82. The summed E-state index contributed by atoms with van der Waals surface area (Å²) in [5.41, 5.74) is -0.788. The molecule has 0 radical (unpaired) electrons. The van der Waals surface area contributed by atoms with Crippen LogP contribution in [0.25, 0.3) is 0 Å². The van der Waals surface area contributed by atoms with E-state index in [1.54, 1.807) is 17.5 Å². The van der Waals surface area contributed by atoms with E-state index >= 15 is 0 Å². The van der Waals surface area contributed by atoms with Crippen molar-refractivity contribution < 1.29 is 9.90 Å². The van der Waals surface area contributed by atoms with E-state index < -0.39 is 5.60 Å². The summed E-state index contributed by atoms with van der Waals surface area (Å²) < 4.78 is 0. The Kier molecular flexibility index (Phi) is 4.93. The van der Waals surface area contributed by atoms with Crippen molar-refractivity contribution in [3.05, 3.63) is 16.6 Å². The van der Waals surface area contributed by atoms with Crippen LogP contribution in [0.2, 0.25) is 0 Å². The molecule has 4 nitrogen and oxygen atoms in total. The first-order valence-corrected chi connectivity index (χ1v) is 7.92. The topological polar surface area (TPSA) is 62.2 Å². The normalized spacial score (nSPS) is 19.9. The number of aliphatic hydroxyl groups is 1. The lowest BCUT2D eigenvalue weighted by Gasteiger charge is -2.31. The van der Waals surface area contributed by atoms with Crippen molar-refractivity contribution in [2.24, 2.45) is 0 Å². The molecule has 1 saturated carbocycles. The summed E-state index contributed by atoms with van der Waals surface area (Å²) in [5, 5.41) is 16.2. The Bertz CT molecular complexity index is 400. The minimum absolute atomic E-state index is 0.0281. The van der Waals surface area contributed by atoms with Crippen LogP contribution in [0.4, 0.5) is 0 Å². The molecule has 1 heterocycles. The molecule has 1 fully saturated rings. The summed E-state index contributed by atoms with van der Waals surface area (Å²) in [6, 6.07) is -0.0281. The third kappa shape index (κ3) is 4.01. The molecule has 1 aliphatic rings. The van der Waals surface area contributed by atoms with Crippen LogP contribution in [0.3, 0.4) is 0 Å². The lowest BCUT2D eigenvalue weighted by molar-refractivity contribution is -0.128. The molecule has 0 spiro atoms. The van der Waals surface area contributed by atoms with Crippen molar-refractivity contribution in [1.29, 1.82) is 0 Å². The van der Waals surface area contributed by atoms with Crippen molar-refractivity contribution in [2.75, 3.05) is 0 Å². The fourth-order valence-corrected chi connectivity index (χ4v) is 3.45. The smallest absolute Gasteiger partial charge is 0.223 e. The molecule has 1 aromatic rings. The first-order valence-electron chi connectivity index (χ1n) is 7.04. The number of thiazole rings is 1. The molecule has 19 heavy (non-hydrogen) atoms. The first-order chi connectivity index (χ1) is 9.13. The van der Waals surface area contributed by atoms with E-state index in [1.165, 1.54) is 6.42 Å². The van der Waals surface area contributed by atoms with Crippen LogP contribution in [0.15, 0.2) is 11.6 Å². The van der Waals surface area contributed by atoms with Gasteiger partial charge in [0.25, 0.3) is 0 Å². The SMILES string of the molecule is CCC(NC(=O)CC1(O)CCCCC1)c1nccs1. The highest BCUT2D eigenvalue weighted by Gasteiger charge is 2.32. The maximum Gasteiger partial charge on any atom is 0.223 e. The second-order valence-corrected chi connectivity index (χ2v) is 6.29. The van der Waals surface area contributed by atoms with E-state index in [1.807, 2.05) is 12.3 Å². The van der Waals surface area contributed by atoms with Crippen molar-refractivity contribution in [1.82, 2.24) is 10.3 Å². The monoisotopic (exact) mass is 282 g/mol. The minimum atomic E-state index is -0.788. The number of aromatic nitrogens is 1. The maximum atomic E-state index is 12.1. The molecule has 0 bridgehead atoms. The fourth-order valence-electron chi connectivity index (χ4n) is 2.68. The van der Waals surface area contributed by atoms with Crippen LogP contribution < -0.4 is 5.32 Å². The van der Waals surface area contributed by atoms with E-state index in [-0.39, 0.29) is 18.4 Å². The van der Waals surface area contributed by atoms with Crippen molar-refractivity contribution in [3.8, 4) is 0 Å². The van der Waals surface area contributed by atoms with Crippen LogP contribution in [0.1, 0.15) is 62.9 Å². The highest BCUT2D eigenvalue weighted by molar-refractivity contribution is 7.09. The Morgan fingerprint density at radius 2 is 2.26 bits per heavy atom. The van der Waals surface area contributed by atoms with Gasteiger partial charge in [0.05, 0.1) is 18.1 Å². The molecule has 0 aliphatic heterocycles. The molecule has 1 amide bonds. The number of rotatable bonds is 5. The van der Waals surface area contributed by atoms with Gasteiger partial charge in [-0.15, -0.1) is 11.3 Å². The first kappa shape index (κ1) is 14.5. The molecule has 1 aromatic heterocycles. The van der Waals surface area contributed by atoms with Crippen molar-refractivity contribution in [3.63, 3.8) is 0 Å². The van der Waals surface area contributed by atoms with Gasteiger partial charge in [-0.1, -0.05) is 26.2 Å².